The number of aromatic nitrogens is 3. The molecule has 2 aromatic heterocycles. The minimum Gasteiger partial charge on any atom is -0.478 e. The third-order valence-electron chi connectivity index (χ3n) is 2.78. The summed E-state index contributed by atoms with van der Waals surface area (Å²) in [5, 5.41) is 9.61. The second kappa shape index (κ2) is 5.34. The predicted molar refractivity (Wildman–Crippen MR) is 76.9 cm³/mol. The van der Waals surface area contributed by atoms with E-state index in [4.69, 9.17) is 5.11 Å². The first kappa shape index (κ1) is 12.7. The Balaban J connectivity index is 1.75. The Bertz CT molecular complexity index is 737. The molecule has 0 unspecified atom stereocenters. The maximum absolute atomic E-state index is 10.9. The van der Waals surface area contributed by atoms with Crippen LogP contribution in [0.3, 0.4) is 0 Å². The lowest BCUT2D eigenvalue weighted by molar-refractivity contribution is 0.0696. The van der Waals surface area contributed by atoms with E-state index >= 15 is 0 Å². The van der Waals surface area contributed by atoms with Crippen LogP contribution in [-0.4, -0.2) is 26.0 Å². The van der Waals surface area contributed by atoms with Gasteiger partial charge in [-0.25, -0.2) is 14.8 Å². The van der Waals surface area contributed by atoms with E-state index in [-0.39, 0.29) is 5.56 Å². The monoisotopic (exact) mass is 285 g/mol. The molecule has 100 valence electrons. The van der Waals surface area contributed by atoms with Gasteiger partial charge in [-0.15, -0.1) is 0 Å². The number of carboxylic acids is 1. The quantitative estimate of drug-likeness (QED) is 0.720. The fourth-order valence-corrected chi connectivity index (χ4v) is 2.60. The molecule has 0 radical (unpaired) electrons. The number of aromatic amines is 1. The van der Waals surface area contributed by atoms with Crippen LogP contribution < -0.4 is 0 Å². The number of rotatable bonds is 4. The molecule has 0 amide bonds. The highest BCUT2D eigenvalue weighted by atomic mass is 32.2. The third-order valence-corrected chi connectivity index (χ3v) is 3.71. The van der Waals surface area contributed by atoms with Crippen LogP contribution in [0.2, 0.25) is 0 Å². The number of carbonyl (C=O) groups is 1. The van der Waals surface area contributed by atoms with Crippen molar-refractivity contribution in [1.82, 2.24) is 15.0 Å². The van der Waals surface area contributed by atoms with Crippen molar-refractivity contribution in [3.8, 4) is 0 Å². The van der Waals surface area contributed by atoms with E-state index in [1.54, 1.807) is 6.07 Å². The normalized spacial score (nSPS) is 10.8. The van der Waals surface area contributed by atoms with E-state index in [9.17, 15) is 4.79 Å². The number of fused-ring (bicyclic) bond motifs is 1. The highest BCUT2D eigenvalue weighted by Gasteiger charge is 2.07. The van der Waals surface area contributed by atoms with E-state index in [2.05, 4.69) is 15.0 Å². The first-order valence-electron chi connectivity index (χ1n) is 5.98. The lowest BCUT2D eigenvalue weighted by Gasteiger charge is -1.99. The Labute approximate surface area is 119 Å². The molecular weight excluding hydrogens is 274 g/mol. The topological polar surface area (TPSA) is 78.9 Å². The molecule has 3 rings (SSSR count). The van der Waals surface area contributed by atoms with Crippen LogP contribution in [0.1, 0.15) is 16.2 Å². The summed E-state index contributed by atoms with van der Waals surface area (Å²) in [6, 6.07) is 10.9. The van der Waals surface area contributed by atoms with Gasteiger partial charge in [0.1, 0.15) is 5.82 Å². The number of hydrogen-bond donors (Lipinski definition) is 2. The fraction of sp³-hybridized carbons (Fsp3) is 0.0714. The molecule has 5 nitrogen and oxygen atoms in total. The molecule has 0 aliphatic carbocycles. The summed E-state index contributed by atoms with van der Waals surface area (Å²) >= 11 is 1.45. The number of pyridine rings is 1. The zero-order chi connectivity index (χ0) is 13.9. The molecule has 0 saturated carbocycles. The van der Waals surface area contributed by atoms with Gasteiger partial charge in [0.25, 0.3) is 0 Å². The van der Waals surface area contributed by atoms with Crippen LogP contribution in [0, 0.1) is 0 Å². The SMILES string of the molecule is O=C(O)c1ccnc(SCc2nc3ccccc3[nH]2)c1. The molecule has 0 bridgehead atoms. The molecule has 6 heteroatoms. The Hall–Kier alpha value is -2.34. The highest BCUT2D eigenvalue weighted by Crippen LogP contribution is 2.21. The van der Waals surface area contributed by atoms with Gasteiger partial charge in [0, 0.05) is 6.20 Å². The molecule has 0 aliphatic rings. The van der Waals surface area contributed by atoms with Crippen molar-refractivity contribution < 1.29 is 9.90 Å². The first-order chi connectivity index (χ1) is 9.72. The number of para-hydroxylation sites is 2. The predicted octanol–water partition coefficient (Wildman–Crippen LogP) is 2.95. The number of nitrogens with zero attached hydrogens (tertiary/aromatic N) is 2. The molecule has 2 heterocycles. The summed E-state index contributed by atoms with van der Waals surface area (Å²) < 4.78 is 0. The van der Waals surface area contributed by atoms with Crippen LogP contribution in [0.5, 0.6) is 0 Å². The van der Waals surface area contributed by atoms with Crippen LogP contribution in [-0.2, 0) is 5.75 Å². The van der Waals surface area contributed by atoms with E-state index in [1.165, 1.54) is 24.0 Å². The van der Waals surface area contributed by atoms with Gasteiger partial charge in [0.2, 0.25) is 0 Å². The smallest absolute Gasteiger partial charge is 0.335 e. The van der Waals surface area contributed by atoms with Gasteiger partial charge in [-0.1, -0.05) is 23.9 Å². The molecule has 0 aliphatic heterocycles. The van der Waals surface area contributed by atoms with Crippen LogP contribution in [0.15, 0.2) is 47.6 Å². The summed E-state index contributed by atoms with van der Waals surface area (Å²) in [5.41, 5.74) is 2.16. The standard InChI is InChI=1S/C14H11N3O2S/c18-14(19)9-5-6-15-13(7-9)20-8-12-16-10-3-1-2-4-11(10)17-12/h1-7H,8H2,(H,16,17)(H,18,19). The number of benzene rings is 1. The summed E-state index contributed by atoms with van der Waals surface area (Å²) in [7, 11) is 0. The fourth-order valence-electron chi connectivity index (χ4n) is 1.84. The molecule has 0 spiro atoms. The molecule has 0 atom stereocenters. The Kier molecular flexibility index (Phi) is 3.39. The van der Waals surface area contributed by atoms with Gasteiger partial charge in [0.05, 0.1) is 27.4 Å². The van der Waals surface area contributed by atoms with Crippen molar-refractivity contribution in [3.05, 3.63) is 54.0 Å². The summed E-state index contributed by atoms with van der Waals surface area (Å²) in [5.74, 6) is 0.516. The van der Waals surface area contributed by atoms with Gasteiger partial charge in [-0.3, -0.25) is 0 Å². The van der Waals surface area contributed by atoms with Gasteiger partial charge in [-0.2, -0.15) is 0 Å². The summed E-state index contributed by atoms with van der Waals surface area (Å²) in [4.78, 5) is 22.7. The number of carboxylic acid groups (broad SMARTS) is 1. The molecule has 0 saturated heterocycles. The number of imidazole rings is 1. The van der Waals surface area contributed by atoms with Crippen LogP contribution in [0.25, 0.3) is 11.0 Å². The molecule has 2 N–H and O–H groups in total. The number of nitrogens with one attached hydrogen (secondary N) is 1. The van der Waals surface area contributed by atoms with Gasteiger partial charge < -0.3 is 10.1 Å². The first-order valence-corrected chi connectivity index (χ1v) is 6.97. The minimum atomic E-state index is -0.946. The average Bonchev–Trinajstić information content (AvgIpc) is 2.88. The van der Waals surface area contributed by atoms with Crippen LogP contribution in [0.4, 0.5) is 0 Å². The van der Waals surface area contributed by atoms with E-state index in [0.717, 1.165) is 16.9 Å². The van der Waals surface area contributed by atoms with E-state index < -0.39 is 5.97 Å². The third kappa shape index (κ3) is 2.65. The van der Waals surface area contributed by atoms with Gasteiger partial charge >= 0.3 is 5.97 Å². The lowest BCUT2D eigenvalue weighted by Crippen LogP contribution is -1.96. The van der Waals surface area contributed by atoms with Gasteiger partial charge in [-0.05, 0) is 24.3 Å². The number of hydrogen-bond acceptors (Lipinski definition) is 4. The van der Waals surface area contributed by atoms with Crippen molar-refractivity contribution in [2.75, 3.05) is 0 Å². The number of H-pyrrole nitrogens is 1. The van der Waals surface area contributed by atoms with Crippen molar-refractivity contribution in [2.24, 2.45) is 0 Å². The highest BCUT2D eigenvalue weighted by molar-refractivity contribution is 7.98. The maximum Gasteiger partial charge on any atom is 0.335 e. The largest absolute Gasteiger partial charge is 0.478 e. The Morgan fingerprint density at radius 3 is 2.95 bits per heavy atom. The van der Waals surface area contributed by atoms with Crippen molar-refractivity contribution >= 4 is 28.8 Å². The molecule has 1 aromatic carbocycles. The average molecular weight is 285 g/mol. The zero-order valence-corrected chi connectivity index (χ0v) is 11.2. The second-order valence-electron chi connectivity index (χ2n) is 4.18. The van der Waals surface area contributed by atoms with E-state index in [1.807, 2.05) is 24.3 Å². The number of aromatic carboxylic acids is 1. The summed E-state index contributed by atoms with van der Waals surface area (Å²) in [6.45, 7) is 0. The molecule has 20 heavy (non-hydrogen) atoms. The van der Waals surface area contributed by atoms with E-state index in [0.29, 0.717) is 10.8 Å². The lowest BCUT2D eigenvalue weighted by atomic mass is 10.3. The van der Waals surface area contributed by atoms with Crippen molar-refractivity contribution in [2.45, 2.75) is 10.8 Å². The van der Waals surface area contributed by atoms with Crippen molar-refractivity contribution in [1.29, 1.82) is 0 Å². The minimum absolute atomic E-state index is 0.243. The van der Waals surface area contributed by atoms with Crippen molar-refractivity contribution in [3.63, 3.8) is 0 Å². The van der Waals surface area contributed by atoms with Gasteiger partial charge in [0.15, 0.2) is 0 Å². The molecular formula is C14H11N3O2S. The zero-order valence-electron chi connectivity index (χ0n) is 10.4. The summed E-state index contributed by atoms with van der Waals surface area (Å²) in [6.07, 6.45) is 1.50. The Morgan fingerprint density at radius 2 is 2.15 bits per heavy atom. The number of thioether (sulfide) groups is 1. The molecule has 3 aromatic rings. The maximum atomic E-state index is 10.9. The molecule has 0 fully saturated rings. The Morgan fingerprint density at radius 1 is 1.30 bits per heavy atom. The van der Waals surface area contributed by atoms with Crippen LogP contribution >= 0.6 is 11.8 Å². The second-order valence-corrected chi connectivity index (χ2v) is 5.17.